The van der Waals surface area contributed by atoms with E-state index in [0.29, 0.717) is 28.3 Å². The van der Waals surface area contributed by atoms with E-state index in [2.05, 4.69) is 10.4 Å². The molecule has 0 fully saturated rings. The fraction of sp³-hybridized carbons (Fsp3) is 0.231. The van der Waals surface area contributed by atoms with E-state index in [1.165, 1.54) is 23.1 Å². The van der Waals surface area contributed by atoms with Gasteiger partial charge in [-0.3, -0.25) is 14.5 Å². The number of fused-ring (bicyclic) bond motifs is 1. The maximum atomic E-state index is 13.2. The standard InChI is InChI=1S/C26H25FN4O4/c1-16-20(17(2)31(29-16)19-11-9-18(27)10-12-19)13-14-24(33)35-15-23(32)30-22-8-6-5-7-21(22)28-25(34)26(30,3)4/h5-14H,15H2,1-4H3,(H,28,34). The Balaban J connectivity index is 1.46. The Morgan fingerprint density at radius 1 is 1.11 bits per heavy atom. The van der Waals surface area contributed by atoms with E-state index in [-0.39, 0.29) is 11.7 Å². The first-order valence-electron chi connectivity index (χ1n) is 11.0. The van der Waals surface area contributed by atoms with Crippen LogP contribution < -0.4 is 10.2 Å². The normalized spacial score (nSPS) is 14.5. The molecule has 1 N–H and O–H groups in total. The number of halogens is 1. The van der Waals surface area contributed by atoms with E-state index in [1.54, 1.807) is 67.9 Å². The molecule has 0 saturated carbocycles. The van der Waals surface area contributed by atoms with E-state index in [1.807, 2.05) is 6.92 Å². The Morgan fingerprint density at radius 2 is 1.80 bits per heavy atom. The van der Waals surface area contributed by atoms with Crippen molar-refractivity contribution in [3.63, 3.8) is 0 Å². The highest BCUT2D eigenvalue weighted by Crippen LogP contribution is 2.36. The molecule has 0 atom stereocenters. The summed E-state index contributed by atoms with van der Waals surface area (Å²) in [6, 6.07) is 12.9. The molecule has 0 radical (unpaired) electrons. The van der Waals surface area contributed by atoms with Crippen LogP contribution in [0.1, 0.15) is 30.8 Å². The molecule has 3 aromatic rings. The van der Waals surface area contributed by atoms with Crippen LogP contribution in [-0.4, -0.2) is 39.7 Å². The number of carbonyl (C=O) groups is 3. The highest BCUT2D eigenvalue weighted by molar-refractivity contribution is 6.14. The molecule has 0 saturated heterocycles. The molecule has 9 heteroatoms. The number of nitrogens with zero attached hydrogens (tertiary/aromatic N) is 3. The lowest BCUT2D eigenvalue weighted by Gasteiger charge is -2.41. The number of esters is 1. The van der Waals surface area contributed by atoms with Crippen molar-refractivity contribution in [2.45, 2.75) is 33.2 Å². The third-order valence-electron chi connectivity index (χ3n) is 5.90. The van der Waals surface area contributed by atoms with Crippen LogP contribution in [0.15, 0.2) is 54.6 Å². The molecule has 0 spiro atoms. The van der Waals surface area contributed by atoms with Crippen molar-refractivity contribution >= 4 is 35.2 Å². The first-order valence-corrected chi connectivity index (χ1v) is 11.0. The Morgan fingerprint density at radius 3 is 2.51 bits per heavy atom. The third kappa shape index (κ3) is 4.57. The Kier molecular flexibility index (Phi) is 6.26. The highest BCUT2D eigenvalue weighted by Gasteiger charge is 2.43. The molecule has 180 valence electrons. The summed E-state index contributed by atoms with van der Waals surface area (Å²) in [5.74, 6) is -1.90. The molecule has 1 aliphatic rings. The van der Waals surface area contributed by atoms with Crippen LogP contribution >= 0.6 is 0 Å². The summed E-state index contributed by atoms with van der Waals surface area (Å²) in [7, 11) is 0. The summed E-state index contributed by atoms with van der Waals surface area (Å²) in [4.78, 5) is 39.3. The number of aromatic nitrogens is 2. The molecule has 8 nitrogen and oxygen atoms in total. The molecule has 1 aromatic heterocycles. The number of nitrogens with one attached hydrogen (secondary N) is 1. The Bertz CT molecular complexity index is 1340. The maximum absolute atomic E-state index is 13.2. The zero-order valence-electron chi connectivity index (χ0n) is 19.8. The molecule has 1 aliphatic heterocycles. The second-order valence-electron chi connectivity index (χ2n) is 8.67. The van der Waals surface area contributed by atoms with Gasteiger partial charge in [-0.1, -0.05) is 12.1 Å². The van der Waals surface area contributed by atoms with Crippen molar-refractivity contribution in [1.29, 1.82) is 0 Å². The number of hydrogen-bond donors (Lipinski definition) is 1. The average molecular weight is 477 g/mol. The summed E-state index contributed by atoms with van der Waals surface area (Å²) in [6.07, 6.45) is 2.79. The third-order valence-corrected chi connectivity index (χ3v) is 5.90. The smallest absolute Gasteiger partial charge is 0.331 e. The Hall–Kier alpha value is -4.27. The summed E-state index contributed by atoms with van der Waals surface area (Å²) in [5.41, 5.74) is 2.72. The van der Waals surface area contributed by atoms with Gasteiger partial charge in [0, 0.05) is 17.3 Å². The number of carbonyl (C=O) groups excluding carboxylic acids is 3. The molecule has 4 rings (SSSR count). The topological polar surface area (TPSA) is 93.5 Å². The molecule has 2 amide bonds. The van der Waals surface area contributed by atoms with Gasteiger partial charge in [0.2, 0.25) is 5.91 Å². The van der Waals surface area contributed by atoms with E-state index in [4.69, 9.17) is 4.74 Å². The predicted molar refractivity (Wildman–Crippen MR) is 130 cm³/mol. The molecule has 2 heterocycles. The fourth-order valence-corrected chi connectivity index (χ4v) is 4.02. The minimum atomic E-state index is -1.16. The number of benzene rings is 2. The van der Waals surface area contributed by atoms with Gasteiger partial charge in [-0.05, 0) is 70.2 Å². The zero-order chi connectivity index (χ0) is 25.3. The van der Waals surface area contributed by atoms with Gasteiger partial charge in [0.1, 0.15) is 11.4 Å². The van der Waals surface area contributed by atoms with Crippen LogP contribution in [-0.2, 0) is 19.1 Å². The van der Waals surface area contributed by atoms with Gasteiger partial charge >= 0.3 is 5.97 Å². The average Bonchev–Trinajstić information content (AvgIpc) is 3.10. The minimum absolute atomic E-state index is 0.333. The largest absolute Gasteiger partial charge is 0.452 e. The summed E-state index contributed by atoms with van der Waals surface area (Å²) in [5, 5.41) is 7.25. The molecular formula is C26H25FN4O4. The Labute approximate surface area is 202 Å². The van der Waals surface area contributed by atoms with Crippen LogP contribution in [0.25, 0.3) is 11.8 Å². The van der Waals surface area contributed by atoms with Gasteiger partial charge in [-0.2, -0.15) is 5.10 Å². The predicted octanol–water partition coefficient (Wildman–Crippen LogP) is 3.95. The minimum Gasteiger partial charge on any atom is -0.452 e. The molecular weight excluding hydrogens is 451 g/mol. The number of para-hydroxylation sites is 2. The van der Waals surface area contributed by atoms with Crippen LogP contribution in [0.5, 0.6) is 0 Å². The number of aryl methyl sites for hydroxylation is 1. The molecule has 0 bridgehead atoms. The lowest BCUT2D eigenvalue weighted by Crippen LogP contribution is -2.59. The number of ether oxygens (including phenoxy) is 1. The number of rotatable bonds is 5. The van der Waals surface area contributed by atoms with Crippen molar-refractivity contribution in [3.05, 3.63) is 77.4 Å². The summed E-state index contributed by atoms with van der Waals surface area (Å²) < 4.78 is 20.1. The van der Waals surface area contributed by atoms with Gasteiger partial charge in [0.05, 0.1) is 22.8 Å². The SMILES string of the molecule is Cc1nn(-c2ccc(F)cc2)c(C)c1C=CC(=O)OCC(=O)N1c2ccccc2NC(=O)C1(C)C. The van der Waals surface area contributed by atoms with Crippen LogP contribution in [0.3, 0.4) is 0 Å². The van der Waals surface area contributed by atoms with E-state index < -0.39 is 24.0 Å². The van der Waals surface area contributed by atoms with Crippen molar-refractivity contribution in [3.8, 4) is 5.69 Å². The quantitative estimate of drug-likeness (QED) is 0.445. The molecule has 35 heavy (non-hydrogen) atoms. The van der Waals surface area contributed by atoms with Gasteiger partial charge in [-0.15, -0.1) is 0 Å². The summed E-state index contributed by atoms with van der Waals surface area (Å²) in [6.45, 7) is 6.35. The number of hydrogen-bond acceptors (Lipinski definition) is 5. The van der Waals surface area contributed by atoms with Crippen molar-refractivity contribution < 1.29 is 23.5 Å². The van der Waals surface area contributed by atoms with Crippen LogP contribution in [0, 0.1) is 19.7 Å². The lowest BCUT2D eigenvalue weighted by atomic mass is 9.96. The number of anilines is 2. The first-order chi connectivity index (χ1) is 16.6. The second-order valence-corrected chi connectivity index (χ2v) is 8.67. The summed E-state index contributed by atoms with van der Waals surface area (Å²) >= 11 is 0. The van der Waals surface area contributed by atoms with E-state index >= 15 is 0 Å². The van der Waals surface area contributed by atoms with Crippen molar-refractivity contribution in [2.24, 2.45) is 0 Å². The second kappa shape index (κ2) is 9.17. The van der Waals surface area contributed by atoms with Gasteiger partial charge < -0.3 is 10.1 Å². The molecule has 2 aromatic carbocycles. The molecule has 0 aliphatic carbocycles. The zero-order valence-corrected chi connectivity index (χ0v) is 19.8. The highest BCUT2D eigenvalue weighted by atomic mass is 19.1. The van der Waals surface area contributed by atoms with Gasteiger partial charge in [-0.25, -0.2) is 13.9 Å². The van der Waals surface area contributed by atoms with Gasteiger partial charge in [0.25, 0.3) is 5.91 Å². The number of amides is 2. The fourth-order valence-electron chi connectivity index (χ4n) is 4.02. The molecule has 0 unspecified atom stereocenters. The van der Waals surface area contributed by atoms with Gasteiger partial charge in [0.15, 0.2) is 6.61 Å². The van der Waals surface area contributed by atoms with Crippen molar-refractivity contribution in [2.75, 3.05) is 16.8 Å². The first kappa shape index (κ1) is 23.9. The van der Waals surface area contributed by atoms with E-state index in [9.17, 15) is 18.8 Å². The van der Waals surface area contributed by atoms with Crippen LogP contribution in [0.2, 0.25) is 0 Å². The lowest BCUT2D eigenvalue weighted by molar-refractivity contribution is -0.143. The monoisotopic (exact) mass is 476 g/mol. The maximum Gasteiger partial charge on any atom is 0.331 e. The van der Waals surface area contributed by atoms with Crippen LogP contribution in [0.4, 0.5) is 15.8 Å². The van der Waals surface area contributed by atoms with E-state index in [0.717, 1.165) is 5.69 Å². The van der Waals surface area contributed by atoms with Crippen molar-refractivity contribution in [1.82, 2.24) is 9.78 Å².